The standard InChI is InChI=1S/C13H21N3O4S/c1-3-15-10-12(9-14-15)21(18,19)16-7-5-11(6-8-16)13(17)20-4-2/h9-11H,3-8H2,1-2H3. The normalized spacial score (nSPS) is 17.8. The Balaban J connectivity index is 2.02. The van der Waals surface area contributed by atoms with Gasteiger partial charge in [-0.1, -0.05) is 0 Å². The molecular formula is C13H21N3O4S. The first-order valence-corrected chi connectivity index (χ1v) is 8.62. The number of hydrogen-bond acceptors (Lipinski definition) is 5. The minimum absolute atomic E-state index is 0.199. The number of ether oxygens (including phenoxy) is 1. The zero-order valence-electron chi connectivity index (χ0n) is 12.4. The molecule has 1 aromatic heterocycles. The van der Waals surface area contributed by atoms with Gasteiger partial charge in [0.1, 0.15) is 4.90 Å². The van der Waals surface area contributed by atoms with Gasteiger partial charge >= 0.3 is 5.97 Å². The number of aromatic nitrogens is 2. The Hall–Kier alpha value is -1.41. The smallest absolute Gasteiger partial charge is 0.309 e. The molecule has 8 heteroatoms. The topological polar surface area (TPSA) is 81.5 Å². The maximum absolute atomic E-state index is 12.5. The molecule has 0 unspecified atom stereocenters. The zero-order valence-corrected chi connectivity index (χ0v) is 13.2. The Labute approximate surface area is 124 Å². The van der Waals surface area contributed by atoms with Crippen molar-refractivity contribution in [2.75, 3.05) is 19.7 Å². The summed E-state index contributed by atoms with van der Waals surface area (Å²) in [6.45, 7) is 5.32. The van der Waals surface area contributed by atoms with Crippen molar-refractivity contribution in [1.82, 2.24) is 14.1 Å². The molecule has 0 spiro atoms. The fourth-order valence-corrected chi connectivity index (χ4v) is 3.82. The van der Waals surface area contributed by atoms with Gasteiger partial charge in [-0.2, -0.15) is 9.40 Å². The van der Waals surface area contributed by atoms with Crippen LogP contribution in [0.25, 0.3) is 0 Å². The van der Waals surface area contributed by atoms with Crippen LogP contribution in [0.15, 0.2) is 17.3 Å². The SMILES string of the molecule is CCOC(=O)C1CCN(S(=O)(=O)c2cnn(CC)c2)CC1. The van der Waals surface area contributed by atoms with E-state index in [1.165, 1.54) is 16.7 Å². The molecule has 0 aliphatic carbocycles. The molecule has 118 valence electrons. The van der Waals surface area contributed by atoms with Gasteiger partial charge in [0, 0.05) is 25.8 Å². The summed E-state index contributed by atoms with van der Waals surface area (Å²) < 4.78 is 32.9. The van der Waals surface area contributed by atoms with Crippen LogP contribution in [0.3, 0.4) is 0 Å². The largest absolute Gasteiger partial charge is 0.466 e. The number of rotatable bonds is 5. The van der Waals surface area contributed by atoms with E-state index in [2.05, 4.69) is 5.10 Å². The van der Waals surface area contributed by atoms with Crippen molar-refractivity contribution in [3.8, 4) is 0 Å². The van der Waals surface area contributed by atoms with Gasteiger partial charge in [0.25, 0.3) is 0 Å². The van der Waals surface area contributed by atoms with Gasteiger partial charge in [-0.15, -0.1) is 0 Å². The van der Waals surface area contributed by atoms with Crippen LogP contribution in [0, 0.1) is 5.92 Å². The number of carbonyl (C=O) groups is 1. The third-order valence-corrected chi connectivity index (χ3v) is 5.50. The summed E-state index contributed by atoms with van der Waals surface area (Å²) in [4.78, 5) is 11.9. The molecule has 0 bridgehead atoms. The molecule has 1 aliphatic rings. The third-order valence-electron chi connectivity index (χ3n) is 3.65. The molecular weight excluding hydrogens is 294 g/mol. The third kappa shape index (κ3) is 3.44. The number of aryl methyl sites for hydroxylation is 1. The van der Waals surface area contributed by atoms with E-state index in [4.69, 9.17) is 4.74 Å². The highest BCUT2D eigenvalue weighted by Crippen LogP contribution is 2.24. The average molecular weight is 315 g/mol. The van der Waals surface area contributed by atoms with Gasteiger partial charge < -0.3 is 4.74 Å². The zero-order chi connectivity index (χ0) is 15.5. The summed E-state index contributed by atoms with van der Waals surface area (Å²) in [5.74, 6) is -0.428. The van der Waals surface area contributed by atoms with E-state index in [0.717, 1.165) is 0 Å². The second kappa shape index (κ2) is 6.57. The van der Waals surface area contributed by atoms with Gasteiger partial charge in [-0.25, -0.2) is 8.42 Å². The Kier molecular flexibility index (Phi) is 5.00. The number of piperidine rings is 1. The predicted octanol–water partition coefficient (Wildman–Crippen LogP) is 0.867. The molecule has 0 radical (unpaired) electrons. The van der Waals surface area contributed by atoms with Crippen LogP contribution in [-0.2, 0) is 26.1 Å². The Bertz CT molecular complexity index is 588. The summed E-state index contributed by atoms with van der Waals surface area (Å²) in [6, 6.07) is 0. The van der Waals surface area contributed by atoms with Gasteiger partial charge in [-0.3, -0.25) is 9.48 Å². The van der Waals surface area contributed by atoms with Crippen molar-refractivity contribution in [3.05, 3.63) is 12.4 Å². The molecule has 1 fully saturated rings. The van der Waals surface area contributed by atoms with Crippen molar-refractivity contribution in [2.45, 2.75) is 38.1 Å². The lowest BCUT2D eigenvalue weighted by Crippen LogP contribution is -2.40. The van der Waals surface area contributed by atoms with Crippen LogP contribution < -0.4 is 0 Å². The quantitative estimate of drug-likeness (QED) is 0.753. The predicted molar refractivity (Wildman–Crippen MR) is 76.0 cm³/mol. The summed E-state index contributed by atoms with van der Waals surface area (Å²) in [5.41, 5.74) is 0. The van der Waals surface area contributed by atoms with Crippen molar-refractivity contribution >= 4 is 16.0 Å². The van der Waals surface area contributed by atoms with E-state index in [-0.39, 0.29) is 16.8 Å². The molecule has 0 amide bonds. The molecule has 1 aromatic rings. The first-order valence-electron chi connectivity index (χ1n) is 7.18. The minimum Gasteiger partial charge on any atom is -0.466 e. The molecule has 2 heterocycles. The molecule has 1 aliphatic heterocycles. The molecule has 0 aromatic carbocycles. The monoisotopic (exact) mass is 315 g/mol. The first-order chi connectivity index (χ1) is 9.98. The van der Waals surface area contributed by atoms with E-state index >= 15 is 0 Å². The second-order valence-corrected chi connectivity index (χ2v) is 6.90. The first kappa shape index (κ1) is 16.0. The summed E-state index contributed by atoms with van der Waals surface area (Å²) in [6.07, 6.45) is 3.91. The van der Waals surface area contributed by atoms with Gasteiger partial charge in [0.15, 0.2) is 0 Å². The molecule has 0 N–H and O–H groups in total. The summed E-state index contributed by atoms with van der Waals surface area (Å²) >= 11 is 0. The van der Waals surface area contributed by atoms with Crippen LogP contribution in [0.1, 0.15) is 26.7 Å². The fourth-order valence-electron chi connectivity index (χ4n) is 2.39. The maximum atomic E-state index is 12.5. The highest BCUT2D eigenvalue weighted by Gasteiger charge is 2.33. The van der Waals surface area contributed by atoms with E-state index in [1.54, 1.807) is 11.6 Å². The Morgan fingerprint density at radius 3 is 2.57 bits per heavy atom. The lowest BCUT2D eigenvalue weighted by Gasteiger charge is -2.29. The van der Waals surface area contributed by atoms with Crippen molar-refractivity contribution < 1.29 is 17.9 Å². The Morgan fingerprint density at radius 1 is 1.38 bits per heavy atom. The number of esters is 1. The fraction of sp³-hybridized carbons (Fsp3) is 0.692. The van der Waals surface area contributed by atoms with E-state index in [0.29, 0.717) is 39.1 Å². The highest BCUT2D eigenvalue weighted by molar-refractivity contribution is 7.89. The van der Waals surface area contributed by atoms with Crippen LogP contribution in [-0.4, -0.2) is 48.2 Å². The molecule has 2 rings (SSSR count). The van der Waals surface area contributed by atoms with Crippen LogP contribution >= 0.6 is 0 Å². The summed E-state index contributed by atoms with van der Waals surface area (Å²) in [7, 11) is -3.51. The highest BCUT2D eigenvalue weighted by atomic mass is 32.2. The maximum Gasteiger partial charge on any atom is 0.309 e. The number of sulfonamides is 1. The minimum atomic E-state index is -3.51. The van der Waals surface area contributed by atoms with Crippen LogP contribution in [0.2, 0.25) is 0 Å². The van der Waals surface area contributed by atoms with Crippen molar-refractivity contribution in [3.63, 3.8) is 0 Å². The van der Waals surface area contributed by atoms with Gasteiger partial charge in [-0.05, 0) is 26.7 Å². The lowest BCUT2D eigenvalue weighted by molar-refractivity contribution is -0.149. The summed E-state index contributed by atoms with van der Waals surface area (Å²) in [5, 5.41) is 4.00. The number of nitrogens with zero attached hydrogens (tertiary/aromatic N) is 3. The van der Waals surface area contributed by atoms with Crippen LogP contribution in [0.5, 0.6) is 0 Å². The van der Waals surface area contributed by atoms with Crippen molar-refractivity contribution in [2.24, 2.45) is 5.92 Å². The van der Waals surface area contributed by atoms with E-state index in [1.807, 2.05) is 6.92 Å². The molecule has 0 atom stereocenters. The number of hydrogen-bond donors (Lipinski definition) is 0. The van der Waals surface area contributed by atoms with Crippen molar-refractivity contribution in [1.29, 1.82) is 0 Å². The van der Waals surface area contributed by atoms with Crippen LogP contribution in [0.4, 0.5) is 0 Å². The van der Waals surface area contributed by atoms with E-state index < -0.39 is 10.0 Å². The average Bonchev–Trinajstić information content (AvgIpc) is 2.97. The molecule has 1 saturated heterocycles. The van der Waals surface area contributed by atoms with E-state index in [9.17, 15) is 13.2 Å². The lowest BCUT2D eigenvalue weighted by atomic mass is 9.98. The van der Waals surface area contributed by atoms with Gasteiger partial charge in [0.05, 0.1) is 18.7 Å². The molecule has 7 nitrogen and oxygen atoms in total. The molecule has 21 heavy (non-hydrogen) atoms. The number of carbonyl (C=O) groups excluding carboxylic acids is 1. The molecule has 0 saturated carbocycles. The Morgan fingerprint density at radius 2 is 2.05 bits per heavy atom. The van der Waals surface area contributed by atoms with Gasteiger partial charge in [0.2, 0.25) is 10.0 Å². The second-order valence-electron chi connectivity index (χ2n) is 4.96.